The van der Waals surface area contributed by atoms with Crippen molar-refractivity contribution in [2.75, 3.05) is 0 Å². The van der Waals surface area contributed by atoms with E-state index in [4.69, 9.17) is 4.74 Å². The maximum absolute atomic E-state index is 13.2. The molecule has 0 fully saturated rings. The van der Waals surface area contributed by atoms with Gasteiger partial charge in [0.25, 0.3) is 0 Å². The second kappa shape index (κ2) is 8.46. The fraction of sp³-hybridized carbons (Fsp3) is 0.292. The molecule has 0 spiro atoms. The average Bonchev–Trinajstić information content (AvgIpc) is 2.72. The fourth-order valence-electron chi connectivity index (χ4n) is 4.16. The number of carbonyl (C=O) groups is 2. The molecule has 4 nitrogen and oxygen atoms in total. The minimum absolute atomic E-state index is 0.0938. The second-order valence-electron chi connectivity index (χ2n) is 7.49. The summed E-state index contributed by atoms with van der Waals surface area (Å²) in [5, 5.41) is 0. The Labute approximate surface area is 178 Å². The number of hydrogen-bond acceptors (Lipinski definition) is 4. The zero-order chi connectivity index (χ0) is 20.4. The van der Waals surface area contributed by atoms with Gasteiger partial charge in [0.15, 0.2) is 5.78 Å². The largest absolute Gasteiger partial charge is 0.460 e. The molecular formula is C24H22BrNO3. The highest BCUT2D eigenvalue weighted by Gasteiger charge is 2.43. The Hall–Kier alpha value is -2.53. The number of rotatable bonds is 4. The minimum atomic E-state index is -0.597. The normalized spacial score (nSPS) is 21.4. The molecule has 0 bridgehead atoms. The molecular weight excluding hydrogens is 430 g/mol. The molecule has 2 atom stereocenters. The van der Waals surface area contributed by atoms with Crippen molar-refractivity contribution in [3.05, 3.63) is 81.5 Å². The second-order valence-corrected chi connectivity index (χ2v) is 8.41. The van der Waals surface area contributed by atoms with E-state index in [0.717, 1.165) is 34.1 Å². The third kappa shape index (κ3) is 4.10. The lowest BCUT2D eigenvalue weighted by atomic mass is 9.72. The van der Waals surface area contributed by atoms with Gasteiger partial charge in [-0.25, -0.2) is 0 Å². The van der Waals surface area contributed by atoms with Crippen molar-refractivity contribution in [1.29, 1.82) is 0 Å². The van der Waals surface area contributed by atoms with Crippen molar-refractivity contribution in [3.63, 3.8) is 0 Å². The third-order valence-corrected chi connectivity index (χ3v) is 6.07. The maximum Gasteiger partial charge on any atom is 0.315 e. The first-order chi connectivity index (χ1) is 14.0. The summed E-state index contributed by atoms with van der Waals surface area (Å²) < 4.78 is 6.62. The molecule has 29 heavy (non-hydrogen) atoms. The third-order valence-electron chi connectivity index (χ3n) is 5.54. The maximum atomic E-state index is 13.2. The Kier molecular flexibility index (Phi) is 5.76. The van der Waals surface area contributed by atoms with Crippen LogP contribution in [0.25, 0.3) is 0 Å². The fourth-order valence-corrected chi connectivity index (χ4v) is 4.42. The summed E-state index contributed by atoms with van der Waals surface area (Å²) >= 11 is 3.46. The van der Waals surface area contributed by atoms with E-state index >= 15 is 0 Å². The Morgan fingerprint density at radius 2 is 1.83 bits per heavy atom. The Balaban J connectivity index is 1.69. The zero-order valence-corrected chi connectivity index (χ0v) is 17.8. The number of ether oxygens (including phenoxy) is 1. The number of Topliss-reactive ketones (excluding diaryl/α,β-unsaturated/α-hetero) is 1. The average molecular weight is 452 g/mol. The van der Waals surface area contributed by atoms with Gasteiger partial charge in [-0.05, 0) is 43.0 Å². The van der Waals surface area contributed by atoms with Crippen molar-refractivity contribution in [2.24, 2.45) is 10.9 Å². The van der Waals surface area contributed by atoms with Crippen LogP contribution in [0, 0.1) is 5.92 Å². The molecule has 0 radical (unpaired) electrons. The number of ketones is 1. The molecule has 5 heteroatoms. The predicted molar refractivity (Wildman–Crippen MR) is 116 cm³/mol. The van der Waals surface area contributed by atoms with E-state index in [-0.39, 0.29) is 24.3 Å². The smallest absolute Gasteiger partial charge is 0.315 e. The van der Waals surface area contributed by atoms with Crippen LogP contribution in [-0.4, -0.2) is 17.5 Å². The summed E-state index contributed by atoms with van der Waals surface area (Å²) in [6.07, 6.45) is 2.09. The van der Waals surface area contributed by atoms with E-state index in [1.165, 1.54) is 0 Å². The molecule has 0 saturated heterocycles. The molecule has 4 rings (SSSR count). The molecule has 2 aromatic carbocycles. The lowest BCUT2D eigenvalue weighted by Crippen LogP contribution is -2.37. The van der Waals surface area contributed by atoms with Crippen molar-refractivity contribution in [2.45, 2.75) is 38.7 Å². The standard InChI is InChI=1S/C24H22BrNO3/c1-15-21(24(28)29-14-16-6-3-2-4-7-16)22(17-10-12-18(25)13-11-17)23-19(26-15)8-5-9-20(23)27/h2-4,6-7,10-13,21-22H,5,8-9,14H2,1H3/t21?,22-/m1/s1. The molecule has 2 aliphatic rings. The van der Waals surface area contributed by atoms with Crippen molar-refractivity contribution < 1.29 is 14.3 Å². The zero-order valence-electron chi connectivity index (χ0n) is 16.2. The highest BCUT2D eigenvalue weighted by Crippen LogP contribution is 2.43. The number of carbonyl (C=O) groups excluding carboxylic acids is 2. The Morgan fingerprint density at radius 1 is 1.10 bits per heavy atom. The topological polar surface area (TPSA) is 55.7 Å². The van der Waals surface area contributed by atoms with Gasteiger partial charge >= 0.3 is 5.97 Å². The quantitative estimate of drug-likeness (QED) is 0.586. The van der Waals surface area contributed by atoms with Gasteiger partial charge in [-0.2, -0.15) is 0 Å². The number of benzene rings is 2. The van der Waals surface area contributed by atoms with Crippen LogP contribution >= 0.6 is 15.9 Å². The van der Waals surface area contributed by atoms with Gasteiger partial charge < -0.3 is 4.74 Å². The lowest BCUT2D eigenvalue weighted by Gasteiger charge is -2.34. The Bertz CT molecular complexity index is 993. The highest BCUT2D eigenvalue weighted by molar-refractivity contribution is 9.10. The molecule has 0 amide bonds. The van der Waals surface area contributed by atoms with Crippen LogP contribution < -0.4 is 0 Å². The van der Waals surface area contributed by atoms with Gasteiger partial charge in [-0.1, -0.05) is 58.4 Å². The number of esters is 1. The van der Waals surface area contributed by atoms with Gasteiger partial charge in [0.1, 0.15) is 12.5 Å². The summed E-state index contributed by atoms with van der Waals surface area (Å²) in [5.74, 6) is -1.20. The van der Waals surface area contributed by atoms with E-state index in [2.05, 4.69) is 20.9 Å². The van der Waals surface area contributed by atoms with E-state index in [1.807, 2.05) is 61.5 Å². The van der Waals surface area contributed by atoms with E-state index in [9.17, 15) is 9.59 Å². The SMILES string of the molecule is CC1=NC2=C(C(=O)CCC2)[C@H](c2ccc(Br)cc2)C1C(=O)OCc1ccccc1. The first-order valence-corrected chi connectivity index (χ1v) is 10.6. The van der Waals surface area contributed by atoms with Crippen LogP contribution in [0.5, 0.6) is 0 Å². The summed E-state index contributed by atoms with van der Waals surface area (Å²) in [4.78, 5) is 30.7. The van der Waals surface area contributed by atoms with E-state index in [1.54, 1.807) is 0 Å². The number of hydrogen-bond donors (Lipinski definition) is 0. The first-order valence-electron chi connectivity index (χ1n) is 9.82. The number of halogens is 1. The van der Waals surface area contributed by atoms with Crippen LogP contribution in [0.3, 0.4) is 0 Å². The molecule has 1 heterocycles. The molecule has 0 N–H and O–H groups in total. The van der Waals surface area contributed by atoms with Gasteiger partial charge in [-0.3, -0.25) is 14.6 Å². The molecule has 0 aromatic heterocycles. The summed E-state index contributed by atoms with van der Waals surface area (Å²) in [6, 6.07) is 17.4. The van der Waals surface area contributed by atoms with Crippen molar-refractivity contribution in [3.8, 4) is 0 Å². The van der Waals surface area contributed by atoms with Crippen LogP contribution in [0.2, 0.25) is 0 Å². The van der Waals surface area contributed by atoms with E-state index < -0.39 is 5.92 Å². The number of allylic oxidation sites excluding steroid dienone is 2. The predicted octanol–water partition coefficient (Wildman–Crippen LogP) is 5.37. The summed E-state index contributed by atoms with van der Waals surface area (Å²) in [7, 11) is 0. The van der Waals surface area contributed by atoms with Crippen LogP contribution in [0.15, 0.2) is 75.3 Å². The molecule has 1 aliphatic carbocycles. The van der Waals surface area contributed by atoms with Crippen LogP contribution in [-0.2, 0) is 20.9 Å². The van der Waals surface area contributed by atoms with Gasteiger partial charge in [0.2, 0.25) is 0 Å². The van der Waals surface area contributed by atoms with Gasteiger partial charge in [0.05, 0.1) is 0 Å². The summed E-state index contributed by atoms with van der Waals surface area (Å²) in [6.45, 7) is 2.07. The molecule has 0 saturated carbocycles. The number of nitrogens with zero attached hydrogens (tertiary/aromatic N) is 1. The van der Waals surface area contributed by atoms with E-state index in [0.29, 0.717) is 17.7 Å². The van der Waals surface area contributed by atoms with Gasteiger partial charge in [0, 0.05) is 33.8 Å². The molecule has 1 unspecified atom stereocenters. The minimum Gasteiger partial charge on any atom is -0.460 e. The monoisotopic (exact) mass is 451 g/mol. The molecule has 1 aliphatic heterocycles. The van der Waals surface area contributed by atoms with Crippen molar-refractivity contribution in [1.82, 2.24) is 0 Å². The lowest BCUT2D eigenvalue weighted by molar-refractivity contribution is -0.148. The van der Waals surface area contributed by atoms with Gasteiger partial charge in [-0.15, -0.1) is 0 Å². The van der Waals surface area contributed by atoms with Crippen LogP contribution in [0.1, 0.15) is 43.2 Å². The Morgan fingerprint density at radius 3 is 2.55 bits per heavy atom. The highest BCUT2D eigenvalue weighted by atomic mass is 79.9. The molecule has 2 aromatic rings. The number of aliphatic imine (C=N–C) groups is 1. The van der Waals surface area contributed by atoms with Crippen LogP contribution in [0.4, 0.5) is 0 Å². The van der Waals surface area contributed by atoms with Crippen molar-refractivity contribution >= 4 is 33.4 Å². The summed E-state index contributed by atoms with van der Waals surface area (Å²) in [5.41, 5.74) is 4.10. The first kappa shape index (κ1) is 19.8. The molecule has 148 valence electrons.